The number of amides is 2. The molecule has 15 heteroatoms. The monoisotopic (exact) mass is 594 g/mol. The fraction of sp³-hybridized carbons (Fsp3) is 0.280. The molecule has 10 nitrogen and oxygen atoms in total. The predicted molar refractivity (Wildman–Crippen MR) is 142 cm³/mol. The number of benzene rings is 1. The Morgan fingerprint density at radius 3 is 2.42 bits per heavy atom. The average molecular weight is 595 g/mol. The molecule has 1 aromatic carbocycles. The van der Waals surface area contributed by atoms with E-state index in [0.717, 1.165) is 15.6 Å². The van der Waals surface area contributed by atoms with Crippen molar-refractivity contribution in [2.24, 2.45) is 0 Å². The highest BCUT2D eigenvalue weighted by Gasteiger charge is 2.34. The Hall–Kier alpha value is -3.97. The largest absolute Gasteiger partial charge is 0.436 e. The van der Waals surface area contributed by atoms with Crippen LogP contribution >= 0.6 is 23.2 Å². The van der Waals surface area contributed by atoms with Crippen LogP contribution in [0.25, 0.3) is 5.82 Å². The maximum atomic E-state index is 13.6. The minimum Gasteiger partial charge on any atom is -0.347 e. The van der Waals surface area contributed by atoms with Gasteiger partial charge in [-0.3, -0.25) is 9.59 Å². The van der Waals surface area contributed by atoms with E-state index >= 15 is 0 Å². The molecule has 40 heavy (non-hydrogen) atoms. The number of rotatable bonds is 6. The molecule has 0 aliphatic rings. The van der Waals surface area contributed by atoms with Gasteiger partial charge >= 0.3 is 6.18 Å². The minimum atomic E-state index is -4.67. The maximum Gasteiger partial charge on any atom is 0.436 e. The highest BCUT2D eigenvalue weighted by atomic mass is 35.5. The molecule has 210 valence electrons. The third-order valence-corrected chi connectivity index (χ3v) is 5.87. The Morgan fingerprint density at radius 2 is 1.80 bits per heavy atom. The molecular weight excluding hydrogens is 572 g/mol. The number of pyridine rings is 1. The SMILES string of the molecule is Cc1cc(Cl)cc(C(=O)NC(C)(C)C)c1NC(=O)c1cc(Cn2cc(C(F)(F)F)nn2)nn1-c1ncccc1Cl. The standard InChI is InChI=1S/C25H23Cl2F3N8O2/c1-13-8-14(26)9-16(22(39)33-24(2,3)4)20(13)32-23(40)18-10-15(11-37-12-19(34-36-37)25(28,29)30)35-38(18)21-17(27)6-5-7-31-21/h5-10,12H,11H2,1-4H3,(H,32,40)(H,33,39). The van der Waals surface area contributed by atoms with Crippen molar-refractivity contribution in [3.8, 4) is 5.82 Å². The normalized spacial score (nSPS) is 11.9. The molecule has 4 rings (SSSR count). The molecule has 3 aromatic heterocycles. The van der Waals surface area contributed by atoms with Gasteiger partial charge in [-0.1, -0.05) is 28.4 Å². The highest BCUT2D eigenvalue weighted by molar-refractivity contribution is 6.32. The summed E-state index contributed by atoms with van der Waals surface area (Å²) in [6.07, 6.45) is -2.50. The van der Waals surface area contributed by atoms with Crippen LogP contribution in [0.4, 0.5) is 18.9 Å². The first-order chi connectivity index (χ1) is 18.6. The number of anilines is 1. The van der Waals surface area contributed by atoms with Crippen LogP contribution in [-0.4, -0.2) is 47.1 Å². The fourth-order valence-corrected chi connectivity index (χ4v) is 4.18. The van der Waals surface area contributed by atoms with Crippen molar-refractivity contribution in [3.63, 3.8) is 0 Å². The van der Waals surface area contributed by atoms with Gasteiger partial charge in [-0.05, 0) is 63.6 Å². The van der Waals surface area contributed by atoms with Gasteiger partial charge in [-0.25, -0.2) is 14.3 Å². The van der Waals surface area contributed by atoms with Crippen LogP contribution in [0.15, 0.2) is 42.7 Å². The summed E-state index contributed by atoms with van der Waals surface area (Å²) in [6, 6.07) is 7.51. The molecule has 4 aromatic rings. The van der Waals surface area contributed by atoms with Gasteiger partial charge in [-0.2, -0.15) is 18.3 Å². The van der Waals surface area contributed by atoms with Crippen molar-refractivity contribution >= 4 is 40.7 Å². The fourth-order valence-electron chi connectivity index (χ4n) is 3.71. The second-order valence-corrected chi connectivity index (χ2v) is 10.7. The zero-order valence-corrected chi connectivity index (χ0v) is 23.2. The summed E-state index contributed by atoms with van der Waals surface area (Å²) in [5.41, 5.74) is -0.749. The van der Waals surface area contributed by atoms with E-state index in [0.29, 0.717) is 10.6 Å². The van der Waals surface area contributed by atoms with Crippen LogP contribution in [0.2, 0.25) is 10.0 Å². The molecule has 0 unspecified atom stereocenters. The minimum absolute atomic E-state index is 0.0525. The van der Waals surface area contributed by atoms with E-state index < -0.39 is 29.2 Å². The highest BCUT2D eigenvalue weighted by Crippen LogP contribution is 2.29. The predicted octanol–water partition coefficient (Wildman–Crippen LogP) is 5.32. The van der Waals surface area contributed by atoms with E-state index in [1.54, 1.807) is 19.1 Å². The molecule has 0 bridgehead atoms. The summed E-state index contributed by atoms with van der Waals surface area (Å²) in [6.45, 7) is 6.87. The molecule has 0 saturated carbocycles. The van der Waals surface area contributed by atoms with Crippen molar-refractivity contribution in [1.29, 1.82) is 0 Å². The number of aromatic nitrogens is 6. The lowest BCUT2D eigenvalue weighted by atomic mass is 10.0. The number of hydrogen-bond acceptors (Lipinski definition) is 6. The Kier molecular flexibility index (Phi) is 7.90. The first kappa shape index (κ1) is 29.0. The Balaban J connectivity index is 1.74. The Labute approximate surface area is 236 Å². The molecule has 3 heterocycles. The first-order valence-electron chi connectivity index (χ1n) is 11.7. The van der Waals surface area contributed by atoms with Crippen molar-refractivity contribution in [1.82, 2.24) is 35.1 Å². The zero-order valence-electron chi connectivity index (χ0n) is 21.6. The molecule has 2 amide bonds. The van der Waals surface area contributed by atoms with Crippen LogP contribution in [0.5, 0.6) is 0 Å². The number of nitrogens with one attached hydrogen (secondary N) is 2. The van der Waals surface area contributed by atoms with Crippen LogP contribution in [0.1, 0.15) is 58.6 Å². The van der Waals surface area contributed by atoms with Crippen LogP contribution < -0.4 is 10.6 Å². The maximum absolute atomic E-state index is 13.6. The van der Waals surface area contributed by atoms with Gasteiger partial charge in [0, 0.05) is 16.8 Å². The third kappa shape index (κ3) is 6.59. The lowest BCUT2D eigenvalue weighted by Crippen LogP contribution is -2.41. The van der Waals surface area contributed by atoms with Gasteiger partial charge in [0.05, 0.1) is 34.7 Å². The number of alkyl halides is 3. The van der Waals surface area contributed by atoms with Crippen LogP contribution in [-0.2, 0) is 12.7 Å². The van der Waals surface area contributed by atoms with Gasteiger partial charge in [0.25, 0.3) is 11.8 Å². The lowest BCUT2D eigenvalue weighted by molar-refractivity contribution is -0.141. The molecule has 0 fully saturated rings. The number of aryl methyl sites for hydroxylation is 1. The number of nitrogens with zero attached hydrogens (tertiary/aromatic N) is 6. The van der Waals surface area contributed by atoms with E-state index in [2.05, 4.69) is 31.0 Å². The Bertz CT molecular complexity index is 1590. The smallest absolute Gasteiger partial charge is 0.347 e. The van der Waals surface area contributed by atoms with Gasteiger partial charge < -0.3 is 10.6 Å². The average Bonchev–Trinajstić information content (AvgIpc) is 3.47. The van der Waals surface area contributed by atoms with Crippen molar-refractivity contribution in [2.75, 3.05) is 5.32 Å². The van der Waals surface area contributed by atoms with Crippen molar-refractivity contribution < 1.29 is 22.8 Å². The second-order valence-electron chi connectivity index (χ2n) is 9.84. The number of hydrogen-bond donors (Lipinski definition) is 2. The molecule has 0 aliphatic heterocycles. The summed E-state index contributed by atoms with van der Waals surface area (Å²) in [4.78, 5) is 30.9. The van der Waals surface area contributed by atoms with Gasteiger partial charge in [-0.15, -0.1) is 5.10 Å². The zero-order chi connectivity index (χ0) is 29.4. The molecule has 0 spiro atoms. The van der Waals surface area contributed by atoms with Crippen molar-refractivity contribution in [3.05, 3.63) is 81.0 Å². The quantitative estimate of drug-likeness (QED) is 0.312. The number of halogens is 5. The van der Waals surface area contributed by atoms with Crippen LogP contribution in [0.3, 0.4) is 0 Å². The van der Waals surface area contributed by atoms with Gasteiger partial charge in [0.2, 0.25) is 0 Å². The van der Waals surface area contributed by atoms with Gasteiger partial charge in [0.15, 0.2) is 11.5 Å². The van der Waals surface area contributed by atoms with E-state index in [1.807, 2.05) is 20.8 Å². The number of carbonyl (C=O) groups excluding carboxylic acids is 2. The third-order valence-electron chi connectivity index (χ3n) is 5.36. The lowest BCUT2D eigenvalue weighted by Gasteiger charge is -2.22. The van der Waals surface area contributed by atoms with Crippen molar-refractivity contribution in [2.45, 2.75) is 46.0 Å². The van der Waals surface area contributed by atoms with Crippen LogP contribution in [0, 0.1) is 6.92 Å². The number of carbonyl (C=O) groups is 2. The van der Waals surface area contributed by atoms with Gasteiger partial charge in [0.1, 0.15) is 5.69 Å². The molecular formula is C25H23Cl2F3N8O2. The molecule has 2 N–H and O–H groups in total. The Morgan fingerprint density at radius 1 is 1.07 bits per heavy atom. The summed E-state index contributed by atoms with van der Waals surface area (Å²) >= 11 is 12.5. The summed E-state index contributed by atoms with van der Waals surface area (Å²) in [5, 5.41) is 17.0. The summed E-state index contributed by atoms with van der Waals surface area (Å²) in [5.74, 6) is -1.04. The van der Waals surface area contributed by atoms with E-state index in [9.17, 15) is 22.8 Å². The molecule has 0 saturated heterocycles. The first-order valence-corrected chi connectivity index (χ1v) is 12.5. The summed E-state index contributed by atoms with van der Waals surface area (Å²) < 4.78 is 41.0. The second kappa shape index (κ2) is 10.9. The molecule has 0 aliphatic carbocycles. The van der Waals surface area contributed by atoms with E-state index in [4.69, 9.17) is 23.2 Å². The van der Waals surface area contributed by atoms with E-state index in [1.165, 1.54) is 24.4 Å². The summed E-state index contributed by atoms with van der Waals surface area (Å²) in [7, 11) is 0. The topological polar surface area (TPSA) is 120 Å². The molecule has 0 atom stereocenters. The molecule has 0 radical (unpaired) electrons. The van der Waals surface area contributed by atoms with E-state index in [-0.39, 0.29) is 40.0 Å².